The Balaban J connectivity index is 1.60. The molecule has 2 heterocycles. The van der Waals surface area contributed by atoms with Crippen molar-refractivity contribution in [1.29, 1.82) is 0 Å². The maximum atomic E-state index is 12.3. The smallest absolute Gasteiger partial charge is 0.338 e. The number of thiazole rings is 1. The zero-order valence-corrected chi connectivity index (χ0v) is 16.6. The van der Waals surface area contributed by atoms with Crippen molar-refractivity contribution in [2.24, 2.45) is 0 Å². The van der Waals surface area contributed by atoms with E-state index in [0.29, 0.717) is 23.8 Å². The zero-order valence-electron chi connectivity index (χ0n) is 15.8. The summed E-state index contributed by atoms with van der Waals surface area (Å²) in [4.78, 5) is 31.1. The molecule has 1 N–H and O–H groups in total. The van der Waals surface area contributed by atoms with E-state index in [1.807, 2.05) is 0 Å². The molecule has 0 bridgehead atoms. The van der Waals surface area contributed by atoms with Gasteiger partial charge in [0.25, 0.3) is 0 Å². The summed E-state index contributed by atoms with van der Waals surface area (Å²) >= 11 is 1.38. The standard InChI is InChI=1S/C20H27N3O3S/c1-2-3-12-26-19(25)15-8-9-16-17(13-15)27-20(21-16)22-18(24)14-23-10-6-4-5-7-11-23/h8-9,13H,2-7,10-12,14H2,1H3,(H,21,22,24). The van der Waals surface area contributed by atoms with E-state index >= 15 is 0 Å². The number of carbonyl (C=O) groups excluding carboxylic acids is 2. The fourth-order valence-corrected chi connectivity index (χ4v) is 4.08. The van der Waals surface area contributed by atoms with Crippen molar-refractivity contribution < 1.29 is 14.3 Å². The highest BCUT2D eigenvalue weighted by Gasteiger charge is 2.15. The van der Waals surface area contributed by atoms with Gasteiger partial charge in [0.05, 0.1) is 28.9 Å². The molecule has 1 aromatic heterocycles. The number of hydrogen-bond donors (Lipinski definition) is 1. The number of fused-ring (bicyclic) bond motifs is 1. The van der Waals surface area contributed by atoms with Gasteiger partial charge in [-0.15, -0.1) is 0 Å². The number of esters is 1. The molecule has 1 fully saturated rings. The molecule has 7 heteroatoms. The lowest BCUT2D eigenvalue weighted by Crippen LogP contribution is -2.33. The van der Waals surface area contributed by atoms with Gasteiger partial charge in [0, 0.05) is 0 Å². The maximum Gasteiger partial charge on any atom is 0.338 e. The molecule has 2 aromatic rings. The molecule has 0 spiro atoms. The second kappa shape index (κ2) is 9.80. The molecule has 1 amide bonds. The van der Waals surface area contributed by atoms with E-state index in [2.05, 4.69) is 22.1 Å². The first-order chi connectivity index (χ1) is 13.2. The first-order valence-corrected chi connectivity index (χ1v) is 10.6. The molecular weight excluding hydrogens is 362 g/mol. The van der Waals surface area contributed by atoms with Crippen LogP contribution < -0.4 is 5.32 Å². The number of nitrogens with one attached hydrogen (secondary N) is 1. The number of ether oxygens (including phenoxy) is 1. The Morgan fingerprint density at radius 3 is 2.74 bits per heavy atom. The summed E-state index contributed by atoms with van der Waals surface area (Å²) in [7, 11) is 0. The predicted molar refractivity (Wildman–Crippen MR) is 108 cm³/mol. The lowest BCUT2D eigenvalue weighted by molar-refractivity contribution is -0.117. The van der Waals surface area contributed by atoms with Gasteiger partial charge in [-0.3, -0.25) is 9.69 Å². The minimum Gasteiger partial charge on any atom is -0.462 e. The monoisotopic (exact) mass is 389 g/mol. The topological polar surface area (TPSA) is 71.5 Å². The summed E-state index contributed by atoms with van der Waals surface area (Å²) in [6, 6.07) is 5.30. The summed E-state index contributed by atoms with van der Waals surface area (Å²) in [5.41, 5.74) is 1.29. The van der Waals surface area contributed by atoms with Crippen LogP contribution in [-0.2, 0) is 9.53 Å². The van der Waals surface area contributed by atoms with Crippen LogP contribution in [0.25, 0.3) is 10.2 Å². The highest BCUT2D eigenvalue weighted by molar-refractivity contribution is 7.22. The molecule has 27 heavy (non-hydrogen) atoms. The van der Waals surface area contributed by atoms with Crippen LogP contribution in [0.3, 0.4) is 0 Å². The van der Waals surface area contributed by atoms with Gasteiger partial charge in [0.2, 0.25) is 5.91 Å². The summed E-state index contributed by atoms with van der Waals surface area (Å²) < 4.78 is 6.12. The van der Waals surface area contributed by atoms with Crippen LogP contribution in [0.1, 0.15) is 55.8 Å². The van der Waals surface area contributed by atoms with E-state index in [1.54, 1.807) is 18.2 Å². The normalized spacial score (nSPS) is 15.4. The minimum absolute atomic E-state index is 0.0323. The molecule has 1 aliphatic rings. The molecule has 0 atom stereocenters. The van der Waals surface area contributed by atoms with Crippen LogP contribution >= 0.6 is 11.3 Å². The molecule has 3 rings (SSSR count). The molecule has 0 saturated carbocycles. The number of likely N-dealkylation sites (tertiary alicyclic amines) is 1. The van der Waals surface area contributed by atoms with Crippen LogP contribution in [0.4, 0.5) is 5.13 Å². The maximum absolute atomic E-state index is 12.3. The van der Waals surface area contributed by atoms with Crippen molar-refractivity contribution in [3.05, 3.63) is 23.8 Å². The average molecular weight is 390 g/mol. The van der Waals surface area contributed by atoms with E-state index in [-0.39, 0.29) is 11.9 Å². The first-order valence-electron chi connectivity index (χ1n) is 9.75. The third kappa shape index (κ3) is 5.74. The van der Waals surface area contributed by atoms with Gasteiger partial charge in [-0.2, -0.15) is 0 Å². The van der Waals surface area contributed by atoms with Gasteiger partial charge in [-0.05, 0) is 50.6 Å². The number of rotatable bonds is 7. The average Bonchev–Trinajstić information content (AvgIpc) is 2.87. The summed E-state index contributed by atoms with van der Waals surface area (Å²) in [5.74, 6) is -0.347. The first kappa shape index (κ1) is 19.8. The number of amides is 1. The van der Waals surface area contributed by atoms with E-state index < -0.39 is 0 Å². The van der Waals surface area contributed by atoms with E-state index in [9.17, 15) is 9.59 Å². The molecule has 0 radical (unpaired) electrons. The summed E-state index contributed by atoms with van der Waals surface area (Å²) in [5, 5.41) is 3.47. The fraction of sp³-hybridized carbons (Fsp3) is 0.550. The Hall–Kier alpha value is -1.99. The number of hydrogen-bond acceptors (Lipinski definition) is 6. The lowest BCUT2D eigenvalue weighted by Gasteiger charge is -2.18. The molecule has 6 nitrogen and oxygen atoms in total. The minimum atomic E-state index is -0.314. The second-order valence-electron chi connectivity index (χ2n) is 6.93. The third-order valence-electron chi connectivity index (χ3n) is 4.67. The van der Waals surface area contributed by atoms with Crippen molar-refractivity contribution in [3.8, 4) is 0 Å². The van der Waals surface area contributed by atoms with Gasteiger partial charge in [-0.1, -0.05) is 37.5 Å². The van der Waals surface area contributed by atoms with Crippen LogP contribution in [0, 0.1) is 0 Å². The number of anilines is 1. The van der Waals surface area contributed by atoms with Crippen molar-refractivity contribution in [3.63, 3.8) is 0 Å². The number of carbonyl (C=O) groups is 2. The van der Waals surface area contributed by atoms with Crippen LogP contribution in [0.15, 0.2) is 18.2 Å². The summed E-state index contributed by atoms with van der Waals surface area (Å²) in [6.07, 6.45) is 6.67. The Kier molecular flexibility index (Phi) is 7.18. The fourth-order valence-electron chi connectivity index (χ4n) is 3.15. The van der Waals surface area contributed by atoms with Crippen molar-refractivity contribution in [2.75, 3.05) is 31.6 Å². The second-order valence-corrected chi connectivity index (χ2v) is 7.96. The number of unbranched alkanes of at least 4 members (excludes halogenated alkanes) is 1. The van der Waals surface area contributed by atoms with E-state index in [0.717, 1.165) is 49.0 Å². The number of nitrogens with zero attached hydrogens (tertiary/aromatic N) is 2. The van der Waals surface area contributed by atoms with Crippen LogP contribution in [-0.4, -0.2) is 48.0 Å². The van der Waals surface area contributed by atoms with Gasteiger partial charge in [0.15, 0.2) is 5.13 Å². The van der Waals surface area contributed by atoms with Gasteiger partial charge < -0.3 is 10.1 Å². The zero-order chi connectivity index (χ0) is 19.1. The SMILES string of the molecule is CCCCOC(=O)c1ccc2nc(NC(=O)CN3CCCCCC3)sc2c1. The number of aromatic nitrogens is 1. The molecule has 0 unspecified atom stereocenters. The lowest BCUT2D eigenvalue weighted by atomic mass is 10.2. The molecule has 0 aliphatic carbocycles. The van der Waals surface area contributed by atoms with Gasteiger partial charge in [-0.25, -0.2) is 9.78 Å². The van der Waals surface area contributed by atoms with Crippen molar-refractivity contribution in [1.82, 2.24) is 9.88 Å². The van der Waals surface area contributed by atoms with Crippen molar-refractivity contribution >= 4 is 38.6 Å². The highest BCUT2D eigenvalue weighted by atomic mass is 32.1. The molecule has 146 valence electrons. The Morgan fingerprint density at radius 2 is 2.00 bits per heavy atom. The molecule has 1 aromatic carbocycles. The highest BCUT2D eigenvalue weighted by Crippen LogP contribution is 2.27. The number of benzene rings is 1. The molecule has 1 aliphatic heterocycles. The molecule has 1 saturated heterocycles. The van der Waals surface area contributed by atoms with E-state index in [1.165, 1.54) is 24.2 Å². The summed E-state index contributed by atoms with van der Waals surface area (Å²) in [6.45, 7) is 4.87. The van der Waals surface area contributed by atoms with Crippen LogP contribution in [0.5, 0.6) is 0 Å². The quantitative estimate of drug-likeness (QED) is 0.571. The third-order valence-corrected chi connectivity index (χ3v) is 5.60. The Bertz CT molecular complexity index is 782. The van der Waals surface area contributed by atoms with Gasteiger partial charge >= 0.3 is 5.97 Å². The largest absolute Gasteiger partial charge is 0.462 e. The van der Waals surface area contributed by atoms with E-state index in [4.69, 9.17) is 4.74 Å². The Labute approximate surface area is 163 Å². The van der Waals surface area contributed by atoms with Gasteiger partial charge in [0.1, 0.15) is 0 Å². The predicted octanol–water partition coefficient (Wildman–Crippen LogP) is 4.07. The van der Waals surface area contributed by atoms with Crippen LogP contribution in [0.2, 0.25) is 0 Å². The molecular formula is C20H27N3O3S. The Morgan fingerprint density at radius 1 is 1.22 bits per heavy atom. The van der Waals surface area contributed by atoms with Crippen molar-refractivity contribution in [2.45, 2.75) is 45.4 Å².